The van der Waals surface area contributed by atoms with Crippen molar-refractivity contribution in [2.24, 2.45) is 5.92 Å². The second-order valence-electron chi connectivity index (χ2n) is 4.84. The van der Waals surface area contributed by atoms with Crippen LogP contribution in [0.1, 0.15) is 18.9 Å². The largest absolute Gasteiger partial charge is 0.316 e. The van der Waals surface area contributed by atoms with Crippen LogP contribution in [0, 0.1) is 5.92 Å². The number of nitrogens with zero attached hydrogens (tertiary/aromatic N) is 1. The normalized spacial score (nSPS) is 12.3. The minimum absolute atomic E-state index is 0.0408. The van der Waals surface area contributed by atoms with Crippen LogP contribution in [0.3, 0.4) is 0 Å². The van der Waals surface area contributed by atoms with E-state index in [2.05, 4.69) is 10.3 Å². The van der Waals surface area contributed by atoms with Crippen molar-refractivity contribution in [3.05, 3.63) is 40.7 Å². The zero-order chi connectivity index (χ0) is 14.4. The first-order valence-electron chi connectivity index (χ1n) is 6.94. The van der Waals surface area contributed by atoms with Crippen molar-refractivity contribution in [2.75, 3.05) is 13.1 Å². The number of carbonyl (C=O) groups is 1. The highest BCUT2D eigenvalue weighted by molar-refractivity contribution is 7.10. The number of carbonyl (C=O) groups excluding carboxylic acids is 1. The van der Waals surface area contributed by atoms with Gasteiger partial charge in [-0.25, -0.2) is 4.98 Å². The highest BCUT2D eigenvalue weighted by Crippen LogP contribution is 2.22. The Bertz CT molecular complexity index is 551. The molecule has 0 bridgehead atoms. The Hall–Kier alpha value is -1.52. The number of ketones is 1. The lowest BCUT2D eigenvalue weighted by Crippen LogP contribution is -2.27. The predicted octanol–water partition coefficient (Wildman–Crippen LogP) is 3.17. The first-order chi connectivity index (χ1) is 9.70. The highest BCUT2D eigenvalue weighted by atomic mass is 32.1. The van der Waals surface area contributed by atoms with E-state index in [0.717, 1.165) is 29.4 Å². The van der Waals surface area contributed by atoms with Crippen LogP contribution in [0.25, 0.3) is 11.3 Å². The molecule has 1 N–H and O–H groups in total. The summed E-state index contributed by atoms with van der Waals surface area (Å²) < 4.78 is 0. The summed E-state index contributed by atoms with van der Waals surface area (Å²) in [5, 5.41) is 6.13. The van der Waals surface area contributed by atoms with Gasteiger partial charge in [0.1, 0.15) is 10.8 Å². The molecule has 4 heteroatoms. The molecule has 1 aromatic heterocycles. The Morgan fingerprint density at radius 1 is 1.35 bits per heavy atom. The molecule has 2 rings (SSSR count). The standard InChI is InChI=1S/C16H20N2OS/c1-3-17-10-12(2)15(19)9-16-18-14(11-20-16)13-7-5-4-6-8-13/h4-8,11-12,17H,3,9-10H2,1-2H3. The Balaban J connectivity index is 1.98. The topological polar surface area (TPSA) is 42.0 Å². The van der Waals surface area contributed by atoms with E-state index in [9.17, 15) is 4.79 Å². The molecule has 0 fully saturated rings. The molecule has 0 saturated carbocycles. The van der Waals surface area contributed by atoms with E-state index in [4.69, 9.17) is 0 Å². The van der Waals surface area contributed by atoms with Crippen molar-refractivity contribution in [2.45, 2.75) is 20.3 Å². The number of rotatable bonds is 7. The molecular formula is C16H20N2OS. The van der Waals surface area contributed by atoms with Crippen LogP contribution in [0.4, 0.5) is 0 Å². The van der Waals surface area contributed by atoms with Gasteiger partial charge in [-0.3, -0.25) is 4.79 Å². The third kappa shape index (κ3) is 3.99. The quantitative estimate of drug-likeness (QED) is 0.851. The van der Waals surface area contributed by atoms with Crippen molar-refractivity contribution < 1.29 is 4.79 Å². The molecule has 2 aromatic rings. The van der Waals surface area contributed by atoms with Crippen LogP contribution < -0.4 is 5.32 Å². The summed E-state index contributed by atoms with van der Waals surface area (Å²) in [5.41, 5.74) is 2.06. The minimum atomic E-state index is 0.0408. The summed E-state index contributed by atoms with van der Waals surface area (Å²) in [6.45, 7) is 5.65. The number of thiazole rings is 1. The van der Waals surface area contributed by atoms with Gasteiger partial charge in [-0.1, -0.05) is 44.2 Å². The fraction of sp³-hybridized carbons (Fsp3) is 0.375. The molecule has 0 aliphatic heterocycles. The molecule has 0 amide bonds. The zero-order valence-corrected chi connectivity index (χ0v) is 12.7. The van der Waals surface area contributed by atoms with Crippen LogP contribution in [0.15, 0.2) is 35.7 Å². The predicted molar refractivity (Wildman–Crippen MR) is 84.0 cm³/mol. The lowest BCUT2D eigenvalue weighted by atomic mass is 10.0. The van der Waals surface area contributed by atoms with E-state index in [-0.39, 0.29) is 11.7 Å². The molecule has 20 heavy (non-hydrogen) atoms. The number of nitrogens with one attached hydrogen (secondary N) is 1. The monoisotopic (exact) mass is 288 g/mol. The van der Waals surface area contributed by atoms with E-state index in [1.807, 2.05) is 49.6 Å². The van der Waals surface area contributed by atoms with Crippen LogP contribution in [0.5, 0.6) is 0 Å². The van der Waals surface area contributed by atoms with Crippen LogP contribution in [-0.2, 0) is 11.2 Å². The lowest BCUT2D eigenvalue weighted by molar-refractivity contribution is -0.121. The second kappa shape index (κ2) is 7.31. The maximum Gasteiger partial charge on any atom is 0.143 e. The summed E-state index contributed by atoms with van der Waals surface area (Å²) in [6.07, 6.45) is 0.435. The molecule has 106 valence electrons. The molecule has 1 unspecified atom stereocenters. The Morgan fingerprint density at radius 3 is 2.80 bits per heavy atom. The van der Waals surface area contributed by atoms with Crippen molar-refractivity contribution in [1.82, 2.24) is 10.3 Å². The van der Waals surface area contributed by atoms with Gasteiger partial charge in [0, 0.05) is 23.4 Å². The van der Waals surface area contributed by atoms with Gasteiger partial charge in [0.25, 0.3) is 0 Å². The molecular weight excluding hydrogens is 268 g/mol. The average molecular weight is 288 g/mol. The minimum Gasteiger partial charge on any atom is -0.316 e. The van der Waals surface area contributed by atoms with E-state index in [0.29, 0.717) is 6.42 Å². The van der Waals surface area contributed by atoms with Crippen molar-refractivity contribution in [3.8, 4) is 11.3 Å². The van der Waals surface area contributed by atoms with E-state index < -0.39 is 0 Å². The first-order valence-corrected chi connectivity index (χ1v) is 7.82. The average Bonchev–Trinajstić information content (AvgIpc) is 2.94. The maximum absolute atomic E-state index is 12.1. The summed E-state index contributed by atoms with van der Waals surface area (Å²) in [7, 11) is 0. The van der Waals surface area contributed by atoms with E-state index >= 15 is 0 Å². The molecule has 0 saturated heterocycles. The smallest absolute Gasteiger partial charge is 0.143 e. The molecule has 0 aliphatic rings. The van der Waals surface area contributed by atoms with Gasteiger partial charge in [-0.2, -0.15) is 0 Å². The van der Waals surface area contributed by atoms with Crippen LogP contribution in [-0.4, -0.2) is 23.9 Å². The van der Waals surface area contributed by atoms with Crippen molar-refractivity contribution >= 4 is 17.1 Å². The molecule has 0 spiro atoms. The van der Waals surface area contributed by atoms with Gasteiger partial charge in [0.15, 0.2) is 0 Å². The second-order valence-corrected chi connectivity index (χ2v) is 5.79. The van der Waals surface area contributed by atoms with Crippen molar-refractivity contribution in [1.29, 1.82) is 0 Å². The summed E-state index contributed by atoms with van der Waals surface area (Å²) in [4.78, 5) is 16.7. The fourth-order valence-electron chi connectivity index (χ4n) is 1.93. The first kappa shape index (κ1) is 14.9. The van der Waals surface area contributed by atoms with E-state index in [1.165, 1.54) is 0 Å². The van der Waals surface area contributed by atoms with Gasteiger partial charge in [0.2, 0.25) is 0 Å². The molecule has 1 atom stereocenters. The number of aromatic nitrogens is 1. The fourth-order valence-corrected chi connectivity index (χ4v) is 2.74. The molecule has 1 heterocycles. The van der Waals surface area contributed by atoms with Gasteiger partial charge >= 0.3 is 0 Å². The Labute approximate surface area is 124 Å². The van der Waals surface area contributed by atoms with Crippen LogP contribution in [0.2, 0.25) is 0 Å². The van der Waals surface area contributed by atoms with Gasteiger partial charge in [0.05, 0.1) is 12.1 Å². The van der Waals surface area contributed by atoms with E-state index in [1.54, 1.807) is 11.3 Å². The highest BCUT2D eigenvalue weighted by Gasteiger charge is 2.15. The third-order valence-electron chi connectivity index (χ3n) is 3.20. The maximum atomic E-state index is 12.1. The Morgan fingerprint density at radius 2 is 2.10 bits per heavy atom. The summed E-state index contributed by atoms with van der Waals surface area (Å²) in [6, 6.07) is 10.1. The van der Waals surface area contributed by atoms with Crippen molar-refractivity contribution in [3.63, 3.8) is 0 Å². The molecule has 1 aromatic carbocycles. The number of hydrogen-bond acceptors (Lipinski definition) is 4. The number of benzene rings is 1. The molecule has 3 nitrogen and oxygen atoms in total. The lowest BCUT2D eigenvalue weighted by Gasteiger charge is -2.09. The number of Topliss-reactive ketones (excluding diaryl/α,β-unsaturated/α-hetero) is 1. The summed E-state index contributed by atoms with van der Waals surface area (Å²) >= 11 is 1.56. The molecule has 0 radical (unpaired) electrons. The number of hydrogen-bond donors (Lipinski definition) is 1. The Kier molecular flexibility index (Phi) is 5.44. The van der Waals surface area contributed by atoms with Gasteiger partial charge in [-0.05, 0) is 6.54 Å². The molecule has 0 aliphatic carbocycles. The SMILES string of the molecule is CCNCC(C)C(=O)Cc1nc(-c2ccccc2)cs1. The zero-order valence-electron chi connectivity index (χ0n) is 11.9. The summed E-state index contributed by atoms with van der Waals surface area (Å²) in [5.74, 6) is 0.291. The third-order valence-corrected chi connectivity index (χ3v) is 4.05. The van der Waals surface area contributed by atoms with Crippen LogP contribution >= 0.6 is 11.3 Å². The van der Waals surface area contributed by atoms with Gasteiger partial charge in [-0.15, -0.1) is 11.3 Å². The van der Waals surface area contributed by atoms with Gasteiger partial charge < -0.3 is 5.32 Å².